The summed E-state index contributed by atoms with van der Waals surface area (Å²) < 4.78 is 7.38. The molecule has 4 aromatic rings. The van der Waals surface area contributed by atoms with Crippen molar-refractivity contribution in [2.75, 3.05) is 5.32 Å². The fourth-order valence-corrected chi connectivity index (χ4v) is 2.75. The molecule has 0 spiro atoms. The van der Waals surface area contributed by atoms with E-state index >= 15 is 0 Å². The van der Waals surface area contributed by atoms with Crippen molar-refractivity contribution >= 4 is 11.5 Å². The number of oxazole rings is 1. The van der Waals surface area contributed by atoms with Crippen molar-refractivity contribution in [3.8, 4) is 11.5 Å². The Morgan fingerprint density at radius 1 is 1.04 bits per heavy atom. The average Bonchev–Trinajstić information content (AvgIpc) is 3.27. The van der Waals surface area contributed by atoms with Crippen LogP contribution in [0.2, 0.25) is 0 Å². The summed E-state index contributed by atoms with van der Waals surface area (Å²) >= 11 is 0. The van der Waals surface area contributed by atoms with E-state index in [1.165, 1.54) is 5.56 Å². The Morgan fingerprint density at radius 2 is 1.81 bits per heavy atom. The number of nitrogens with zero attached hydrogens (tertiary/aromatic N) is 5. The van der Waals surface area contributed by atoms with Crippen LogP contribution in [0.3, 0.4) is 0 Å². The van der Waals surface area contributed by atoms with Gasteiger partial charge < -0.3 is 9.73 Å². The molecule has 0 atom stereocenters. The van der Waals surface area contributed by atoms with Crippen molar-refractivity contribution in [1.82, 2.24) is 24.8 Å². The quantitative estimate of drug-likeness (QED) is 0.591. The van der Waals surface area contributed by atoms with Crippen molar-refractivity contribution < 1.29 is 4.42 Å². The van der Waals surface area contributed by atoms with Crippen molar-refractivity contribution in [3.05, 3.63) is 59.7 Å². The molecule has 7 heteroatoms. The van der Waals surface area contributed by atoms with E-state index in [1.807, 2.05) is 36.4 Å². The molecule has 0 aliphatic heterocycles. The van der Waals surface area contributed by atoms with Gasteiger partial charge in [0.05, 0.1) is 12.2 Å². The second kappa shape index (κ2) is 6.50. The normalized spacial score (nSPS) is 11.9. The Labute approximate surface area is 157 Å². The third-order valence-electron chi connectivity index (χ3n) is 4.23. The molecule has 3 aromatic heterocycles. The largest absolute Gasteiger partial charge is 0.444 e. The first-order valence-corrected chi connectivity index (χ1v) is 8.88. The zero-order chi connectivity index (χ0) is 19.0. The van der Waals surface area contributed by atoms with E-state index < -0.39 is 0 Å². The van der Waals surface area contributed by atoms with Crippen molar-refractivity contribution in [2.45, 2.75) is 39.7 Å². The fourth-order valence-electron chi connectivity index (χ4n) is 2.75. The maximum Gasteiger partial charge on any atom is 0.226 e. The summed E-state index contributed by atoms with van der Waals surface area (Å²) in [6, 6.07) is 11.9. The van der Waals surface area contributed by atoms with Gasteiger partial charge in [-0.05, 0) is 31.2 Å². The van der Waals surface area contributed by atoms with Crippen LogP contribution in [-0.2, 0) is 12.0 Å². The molecular formula is C20H22N6O. The molecule has 7 nitrogen and oxygen atoms in total. The Kier molecular flexibility index (Phi) is 4.14. The smallest absolute Gasteiger partial charge is 0.226 e. The lowest BCUT2D eigenvalue weighted by Crippen LogP contribution is -2.17. The molecule has 0 bridgehead atoms. The molecule has 0 aliphatic rings. The highest BCUT2D eigenvalue weighted by molar-refractivity contribution is 5.53. The topological polar surface area (TPSA) is 81.1 Å². The second-order valence-electron chi connectivity index (χ2n) is 7.63. The molecule has 4 rings (SSSR count). The monoisotopic (exact) mass is 362 g/mol. The second-order valence-corrected chi connectivity index (χ2v) is 7.63. The lowest BCUT2D eigenvalue weighted by molar-refractivity contribution is 0.527. The average molecular weight is 362 g/mol. The van der Waals surface area contributed by atoms with E-state index in [4.69, 9.17) is 4.42 Å². The minimum atomic E-state index is -0.139. The summed E-state index contributed by atoms with van der Waals surface area (Å²) in [4.78, 5) is 4.55. The lowest BCUT2D eigenvalue weighted by Gasteiger charge is -2.15. The molecule has 0 radical (unpaired) electrons. The van der Waals surface area contributed by atoms with Gasteiger partial charge in [0.25, 0.3) is 0 Å². The van der Waals surface area contributed by atoms with Crippen LogP contribution in [0.4, 0.5) is 5.82 Å². The molecule has 0 unspecified atom stereocenters. The van der Waals surface area contributed by atoms with Gasteiger partial charge in [-0.25, -0.2) is 4.98 Å². The standard InChI is InChI=1S/C20H22N6O/c1-13-5-7-14(8-6-13)18-22-15(12-27-18)11-21-16-9-10-17-23-24-19(20(2,3)4)26(17)25-16/h5-10,12H,11H2,1-4H3,(H,21,25). The lowest BCUT2D eigenvalue weighted by atomic mass is 9.96. The van der Waals surface area contributed by atoms with Crippen LogP contribution in [0.25, 0.3) is 17.1 Å². The number of fused-ring (bicyclic) bond motifs is 1. The predicted molar refractivity (Wildman–Crippen MR) is 103 cm³/mol. The summed E-state index contributed by atoms with van der Waals surface area (Å²) in [6.07, 6.45) is 1.67. The van der Waals surface area contributed by atoms with Gasteiger partial charge in [0, 0.05) is 11.0 Å². The predicted octanol–water partition coefficient (Wildman–Crippen LogP) is 4.00. The Balaban J connectivity index is 1.51. The zero-order valence-electron chi connectivity index (χ0n) is 15.9. The molecule has 0 amide bonds. The Bertz CT molecular complexity index is 1070. The number of hydrogen-bond acceptors (Lipinski definition) is 6. The van der Waals surface area contributed by atoms with Gasteiger partial charge in [-0.3, -0.25) is 0 Å². The highest BCUT2D eigenvalue weighted by Gasteiger charge is 2.21. The summed E-state index contributed by atoms with van der Waals surface area (Å²) in [5, 5.41) is 16.3. The van der Waals surface area contributed by atoms with Crippen LogP contribution in [0.15, 0.2) is 47.1 Å². The minimum Gasteiger partial charge on any atom is -0.444 e. The van der Waals surface area contributed by atoms with Gasteiger partial charge in [-0.2, -0.15) is 4.52 Å². The summed E-state index contributed by atoms with van der Waals surface area (Å²) in [5.74, 6) is 2.17. The van der Waals surface area contributed by atoms with E-state index in [0.29, 0.717) is 12.4 Å². The maximum absolute atomic E-state index is 5.60. The number of hydrogen-bond donors (Lipinski definition) is 1. The van der Waals surface area contributed by atoms with Crippen LogP contribution in [0.5, 0.6) is 0 Å². The SMILES string of the molecule is Cc1ccc(-c2nc(CNc3ccc4nnc(C(C)(C)C)n4n3)co2)cc1. The van der Waals surface area contributed by atoms with E-state index in [9.17, 15) is 0 Å². The van der Waals surface area contributed by atoms with Gasteiger partial charge in [-0.15, -0.1) is 15.3 Å². The Hall–Kier alpha value is -3.22. The van der Waals surface area contributed by atoms with Crippen LogP contribution in [0.1, 0.15) is 37.9 Å². The molecule has 0 aliphatic carbocycles. The minimum absolute atomic E-state index is 0.139. The number of aryl methyl sites for hydroxylation is 1. The van der Waals surface area contributed by atoms with Crippen molar-refractivity contribution in [2.24, 2.45) is 0 Å². The molecule has 0 saturated heterocycles. The van der Waals surface area contributed by atoms with Crippen molar-refractivity contribution in [3.63, 3.8) is 0 Å². The molecule has 27 heavy (non-hydrogen) atoms. The molecular weight excluding hydrogens is 340 g/mol. The molecule has 138 valence electrons. The summed E-state index contributed by atoms with van der Waals surface area (Å²) in [5.41, 5.74) is 3.57. The number of aromatic nitrogens is 5. The van der Waals surface area contributed by atoms with E-state index in [2.05, 4.69) is 53.3 Å². The number of anilines is 1. The molecule has 3 heterocycles. The van der Waals surface area contributed by atoms with Crippen molar-refractivity contribution in [1.29, 1.82) is 0 Å². The van der Waals surface area contributed by atoms with Crippen LogP contribution in [0, 0.1) is 6.92 Å². The molecule has 1 N–H and O–H groups in total. The summed E-state index contributed by atoms with van der Waals surface area (Å²) in [7, 11) is 0. The first-order valence-electron chi connectivity index (χ1n) is 8.88. The first kappa shape index (κ1) is 17.2. The van der Waals surface area contributed by atoms with Gasteiger partial charge in [-0.1, -0.05) is 38.5 Å². The van der Waals surface area contributed by atoms with Gasteiger partial charge >= 0.3 is 0 Å². The van der Waals surface area contributed by atoms with E-state index in [-0.39, 0.29) is 5.41 Å². The first-order chi connectivity index (χ1) is 12.9. The highest BCUT2D eigenvalue weighted by atomic mass is 16.3. The number of nitrogens with one attached hydrogen (secondary N) is 1. The summed E-state index contributed by atoms with van der Waals surface area (Å²) in [6.45, 7) is 8.84. The number of rotatable bonds is 4. The fraction of sp³-hybridized carbons (Fsp3) is 0.300. The van der Waals surface area contributed by atoms with Crippen LogP contribution >= 0.6 is 0 Å². The highest BCUT2D eigenvalue weighted by Crippen LogP contribution is 2.22. The van der Waals surface area contributed by atoms with E-state index in [0.717, 1.165) is 28.5 Å². The third kappa shape index (κ3) is 3.53. The van der Waals surface area contributed by atoms with Crippen LogP contribution in [-0.4, -0.2) is 24.8 Å². The molecule has 0 saturated carbocycles. The van der Waals surface area contributed by atoms with Gasteiger partial charge in [0.1, 0.15) is 12.1 Å². The third-order valence-corrected chi connectivity index (χ3v) is 4.23. The number of benzene rings is 1. The zero-order valence-corrected chi connectivity index (χ0v) is 15.9. The Morgan fingerprint density at radius 3 is 2.56 bits per heavy atom. The molecule has 1 aromatic carbocycles. The van der Waals surface area contributed by atoms with E-state index in [1.54, 1.807) is 10.8 Å². The van der Waals surface area contributed by atoms with Crippen LogP contribution < -0.4 is 5.32 Å². The van der Waals surface area contributed by atoms with Gasteiger partial charge in [0.2, 0.25) is 5.89 Å². The maximum atomic E-state index is 5.60. The van der Waals surface area contributed by atoms with Gasteiger partial charge in [0.15, 0.2) is 11.5 Å². The molecule has 0 fully saturated rings.